The molecule has 6 heteroatoms. The van der Waals surface area contributed by atoms with Crippen molar-refractivity contribution >= 4 is 23.5 Å². The van der Waals surface area contributed by atoms with Gasteiger partial charge in [0.25, 0.3) is 0 Å². The van der Waals surface area contributed by atoms with E-state index in [-0.39, 0.29) is 12.8 Å². The van der Waals surface area contributed by atoms with Crippen LogP contribution in [0.25, 0.3) is 0 Å². The number of rotatable bonds is 4. The van der Waals surface area contributed by atoms with Crippen LogP contribution in [0, 0.1) is 22.7 Å². The van der Waals surface area contributed by atoms with Gasteiger partial charge in [0, 0.05) is 6.42 Å². The number of para-hydroxylation sites is 1. The molecule has 1 heterocycles. The number of nitriles is 1. The van der Waals surface area contributed by atoms with Gasteiger partial charge in [-0.05, 0) is 18.6 Å². The number of esters is 1. The molecule has 1 aromatic carbocycles. The summed E-state index contributed by atoms with van der Waals surface area (Å²) in [5, 5.41) is 9.47. The molecule has 2 amide bonds. The molecule has 22 heavy (non-hydrogen) atoms. The predicted molar refractivity (Wildman–Crippen MR) is 77.4 cm³/mol. The molecular formula is C16H16N2O4. The maximum Gasteiger partial charge on any atom is 0.327 e. The summed E-state index contributed by atoms with van der Waals surface area (Å²) >= 11 is 0. The van der Waals surface area contributed by atoms with Crippen LogP contribution in [0.15, 0.2) is 30.3 Å². The van der Waals surface area contributed by atoms with Crippen molar-refractivity contribution in [2.75, 3.05) is 12.0 Å². The molecule has 0 unspecified atom stereocenters. The molecule has 0 radical (unpaired) electrons. The Labute approximate surface area is 128 Å². The van der Waals surface area contributed by atoms with Gasteiger partial charge in [-0.25, -0.2) is 0 Å². The van der Waals surface area contributed by atoms with Crippen LogP contribution in [0.1, 0.15) is 19.8 Å². The Morgan fingerprint density at radius 1 is 1.41 bits per heavy atom. The third-order valence-corrected chi connectivity index (χ3v) is 4.06. The third-order valence-electron chi connectivity index (χ3n) is 4.06. The highest BCUT2D eigenvalue weighted by Gasteiger charge is 2.56. The number of ether oxygens (including phenoxy) is 1. The van der Waals surface area contributed by atoms with E-state index in [0.29, 0.717) is 5.69 Å². The molecular weight excluding hydrogens is 284 g/mol. The first-order chi connectivity index (χ1) is 10.5. The Morgan fingerprint density at radius 3 is 2.55 bits per heavy atom. The minimum Gasteiger partial charge on any atom is -0.468 e. The summed E-state index contributed by atoms with van der Waals surface area (Å²) in [6.07, 6.45) is -0.0767. The predicted octanol–water partition coefficient (Wildman–Crippen LogP) is 1.66. The Hall–Kier alpha value is -2.68. The molecule has 1 aromatic rings. The van der Waals surface area contributed by atoms with Crippen molar-refractivity contribution in [2.24, 2.45) is 11.3 Å². The number of anilines is 1. The Morgan fingerprint density at radius 2 is 2.05 bits per heavy atom. The zero-order chi connectivity index (χ0) is 16.3. The lowest BCUT2D eigenvalue weighted by atomic mass is 9.73. The van der Waals surface area contributed by atoms with Gasteiger partial charge in [0.05, 0.1) is 24.8 Å². The highest BCUT2D eigenvalue weighted by Crippen LogP contribution is 2.41. The van der Waals surface area contributed by atoms with E-state index in [1.54, 1.807) is 37.3 Å². The first-order valence-electron chi connectivity index (χ1n) is 6.93. The van der Waals surface area contributed by atoms with Gasteiger partial charge >= 0.3 is 5.97 Å². The second-order valence-electron chi connectivity index (χ2n) is 5.09. The van der Waals surface area contributed by atoms with E-state index in [1.807, 2.05) is 6.07 Å². The fourth-order valence-corrected chi connectivity index (χ4v) is 2.78. The van der Waals surface area contributed by atoms with Gasteiger partial charge in [-0.3, -0.25) is 19.3 Å². The molecule has 1 fully saturated rings. The van der Waals surface area contributed by atoms with E-state index in [4.69, 9.17) is 4.74 Å². The van der Waals surface area contributed by atoms with E-state index >= 15 is 0 Å². The quantitative estimate of drug-likeness (QED) is 0.623. The molecule has 6 nitrogen and oxygen atoms in total. The normalized spacial score (nSPS) is 20.4. The van der Waals surface area contributed by atoms with Crippen molar-refractivity contribution in [3.8, 4) is 6.07 Å². The monoisotopic (exact) mass is 300 g/mol. The van der Waals surface area contributed by atoms with Crippen LogP contribution in [-0.4, -0.2) is 24.9 Å². The van der Waals surface area contributed by atoms with Gasteiger partial charge in [0.15, 0.2) is 5.41 Å². The van der Waals surface area contributed by atoms with Gasteiger partial charge < -0.3 is 4.74 Å². The number of benzene rings is 1. The molecule has 0 aromatic heterocycles. The molecule has 1 aliphatic heterocycles. The average Bonchev–Trinajstić information content (AvgIpc) is 2.85. The van der Waals surface area contributed by atoms with E-state index in [2.05, 4.69) is 0 Å². The standard InChI is InChI=1S/C16H16N2O4/c1-3-16(10-17,15(21)22-2)12-9-13(19)18(14(12)20)11-7-5-4-6-8-11/h4-8,12H,3,9H2,1-2H3/t12-,16+/m1/s1. The van der Waals surface area contributed by atoms with Crippen LogP contribution in [0.2, 0.25) is 0 Å². The molecule has 0 spiro atoms. The van der Waals surface area contributed by atoms with Crippen LogP contribution in [0.3, 0.4) is 0 Å². The molecule has 0 saturated carbocycles. The molecule has 0 aliphatic carbocycles. The minimum atomic E-state index is -1.63. The van der Waals surface area contributed by atoms with Gasteiger partial charge in [-0.15, -0.1) is 0 Å². The van der Waals surface area contributed by atoms with Crippen LogP contribution < -0.4 is 4.90 Å². The number of hydrogen-bond acceptors (Lipinski definition) is 5. The molecule has 0 N–H and O–H groups in total. The van der Waals surface area contributed by atoms with Crippen molar-refractivity contribution in [3.05, 3.63) is 30.3 Å². The van der Waals surface area contributed by atoms with Crippen molar-refractivity contribution in [1.82, 2.24) is 0 Å². The summed E-state index contributed by atoms with van der Waals surface area (Å²) in [7, 11) is 1.17. The first kappa shape index (κ1) is 15.7. The zero-order valence-electron chi connectivity index (χ0n) is 12.4. The molecule has 1 aliphatic rings. The van der Waals surface area contributed by atoms with Gasteiger partial charge in [-0.1, -0.05) is 25.1 Å². The fourth-order valence-electron chi connectivity index (χ4n) is 2.78. The van der Waals surface area contributed by atoms with Crippen LogP contribution in [0.4, 0.5) is 5.69 Å². The SMILES string of the molecule is CC[C@@](C#N)(C(=O)OC)[C@@H]1CC(=O)N(c2ccccc2)C1=O. The number of carbonyl (C=O) groups excluding carboxylic acids is 3. The maximum atomic E-state index is 12.6. The lowest BCUT2D eigenvalue weighted by Crippen LogP contribution is -2.42. The first-order valence-corrected chi connectivity index (χ1v) is 6.93. The van der Waals surface area contributed by atoms with Crippen LogP contribution in [0.5, 0.6) is 0 Å². The molecule has 114 valence electrons. The zero-order valence-corrected chi connectivity index (χ0v) is 12.4. The Bertz CT molecular complexity index is 650. The Kier molecular flexibility index (Phi) is 4.27. The molecule has 0 bridgehead atoms. The van der Waals surface area contributed by atoms with E-state index in [9.17, 15) is 19.6 Å². The summed E-state index contributed by atoms with van der Waals surface area (Å²) < 4.78 is 4.69. The average molecular weight is 300 g/mol. The highest BCUT2D eigenvalue weighted by molar-refractivity contribution is 6.22. The minimum absolute atomic E-state index is 0.0997. The molecule has 1 saturated heterocycles. The van der Waals surface area contributed by atoms with E-state index in [1.165, 1.54) is 7.11 Å². The third kappa shape index (κ3) is 2.25. The summed E-state index contributed by atoms with van der Waals surface area (Å²) in [6, 6.07) is 10.4. The second-order valence-corrected chi connectivity index (χ2v) is 5.09. The number of imide groups is 1. The lowest BCUT2D eigenvalue weighted by Gasteiger charge is -2.26. The molecule has 2 rings (SSSR count). The molecule has 2 atom stereocenters. The smallest absolute Gasteiger partial charge is 0.327 e. The number of nitrogens with zero attached hydrogens (tertiary/aromatic N) is 2. The number of methoxy groups -OCH3 is 1. The van der Waals surface area contributed by atoms with Gasteiger partial charge in [-0.2, -0.15) is 5.26 Å². The fraction of sp³-hybridized carbons (Fsp3) is 0.375. The maximum absolute atomic E-state index is 12.6. The van der Waals surface area contributed by atoms with Gasteiger partial charge in [0.2, 0.25) is 11.8 Å². The number of amides is 2. The summed E-state index contributed by atoms with van der Waals surface area (Å²) in [6.45, 7) is 1.63. The lowest BCUT2D eigenvalue weighted by molar-refractivity contribution is -0.154. The summed E-state index contributed by atoms with van der Waals surface area (Å²) in [5.41, 5.74) is -1.20. The Balaban J connectivity index is 2.43. The van der Waals surface area contributed by atoms with Crippen molar-refractivity contribution < 1.29 is 19.1 Å². The van der Waals surface area contributed by atoms with E-state index < -0.39 is 29.1 Å². The van der Waals surface area contributed by atoms with Crippen molar-refractivity contribution in [1.29, 1.82) is 5.26 Å². The number of hydrogen-bond donors (Lipinski definition) is 0. The highest BCUT2D eigenvalue weighted by atomic mass is 16.5. The van der Waals surface area contributed by atoms with E-state index in [0.717, 1.165) is 4.90 Å². The van der Waals surface area contributed by atoms with Crippen molar-refractivity contribution in [3.63, 3.8) is 0 Å². The summed E-state index contributed by atoms with van der Waals surface area (Å²) in [5.74, 6) is -2.76. The van der Waals surface area contributed by atoms with Crippen molar-refractivity contribution in [2.45, 2.75) is 19.8 Å². The largest absolute Gasteiger partial charge is 0.468 e. The number of carbonyl (C=O) groups is 3. The second kappa shape index (κ2) is 5.98. The van der Waals surface area contributed by atoms with Gasteiger partial charge in [0.1, 0.15) is 0 Å². The van der Waals surface area contributed by atoms with Crippen LogP contribution >= 0.6 is 0 Å². The van der Waals surface area contributed by atoms with Crippen LogP contribution in [-0.2, 0) is 19.1 Å². The topological polar surface area (TPSA) is 87.5 Å². The summed E-state index contributed by atoms with van der Waals surface area (Å²) in [4.78, 5) is 38.0.